The van der Waals surface area contributed by atoms with Crippen LogP contribution in [0.2, 0.25) is 0 Å². The Morgan fingerprint density at radius 2 is 2.47 bits per heavy atom. The van der Waals surface area contributed by atoms with Gasteiger partial charge in [-0.3, -0.25) is 9.59 Å². The van der Waals surface area contributed by atoms with Crippen LogP contribution in [0.3, 0.4) is 0 Å². The van der Waals surface area contributed by atoms with Gasteiger partial charge in [0, 0.05) is 13.0 Å². The van der Waals surface area contributed by atoms with Crippen LogP contribution in [0.25, 0.3) is 0 Å². The van der Waals surface area contributed by atoms with Gasteiger partial charge in [-0.1, -0.05) is 13.0 Å². The molecule has 0 aromatic carbocycles. The molecule has 0 saturated carbocycles. The van der Waals surface area contributed by atoms with Gasteiger partial charge in [0.2, 0.25) is 11.8 Å². The highest BCUT2D eigenvalue weighted by atomic mass is 16.2. The van der Waals surface area contributed by atoms with Crippen LogP contribution < -0.4 is 5.73 Å². The van der Waals surface area contributed by atoms with E-state index in [9.17, 15) is 9.59 Å². The highest BCUT2D eigenvalue weighted by Crippen LogP contribution is 2.23. The summed E-state index contributed by atoms with van der Waals surface area (Å²) in [6.45, 7) is 6.15. The summed E-state index contributed by atoms with van der Waals surface area (Å²) < 4.78 is 0. The van der Waals surface area contributed by atoms with Crippen molar-refractivity contribution in [3.63, 3.8) is 0 Å². The molecule has 0 bridgehead atoms. The lowest BCUT2D eigenvalue weighted by Crippen LogP contribution is -2.45. The van der Waals surface area contributed by atoms with E-state index < -0.39 is 11.9 Å². The van der Waals surface area contributed by atoms with E-state index in [0.717, 1.165) is 6.42 Å². The first-order valence-electron chi connectivity index (χ1n) is 5.29. The van der Waals surface area contributed by atoms with Gasteiger partial charge in [0.15, 0.2) is 0 Å². The number of allylic oxidation sites excluding steroid dienone is 1. The average molecular weight is 210 g/mol. The fraction of sp³-hybridized carbons (Fsp3) is 0.636. The first-order chi connectivity index (χ1) is 7.10. The van der Waals surface area contributed by atoms with Gasteiger partial charge in [-0.05, 0) is 18.8 Å². The summed E-state index contributed by atoms with van der Waals surface area (Å²) in [7, 11) is 0. The maximum Gasteiger partial charge on any atom is 0.240 e. The molecule has 0 aromatic heterocycles. The molecule has 2 atom stereocenters. The molecule has 1 rings (SSSR count). The van der Waals surface area contributed by atoms with Crippen molar-refractivity contribution in [2.45, 2.75) is 32.2 Å². The number of carbonyl (C=O) groups excluding carboxylic acids is 2. The second kappa shape index (κ2) is 4.96. The molecule has 84 valence electrons. The highest BCUT2D eigenvalue weighted by Gasteiger charge is 2.35. The number of nitrogens with zero attached hydrogens (tertiary/aromatic N) is 1. The molecule has 4 heteroatoms. The van der Waals surface area contributed by atoms with E-state index in [1.807, 2.05) is 13.0 Å². The Bertz CT molecular complexity index is 276. The molecule has 1 heterocycles. The van der Waals surface area contributed by atoms with Crippen molar-refractivity contribution in [2.75, 3.05) is 6.54 Å². The van der Waals surface area contributed by atoms with E-state index in [2.05, 4.69) is 6.58 Å². The summed E-state index contributed by atoms with van der Waals surface area (Å²) in [6.07, 6.45) is 3.72. The maximum atomic E-state index is 11.6. The molecule has 1 saturated heterocycles. The zero-order valence-electron chi connectivity index (χ0n) is 9.11. The summed E-state index contributed by atoms with van der Waals surface area (Å²) in [5, 5.41) is 0. The number of hydrogen-bond donors (Lipinski definition) is 1. The quantitative estimate of drug-likeness (QED) is 0.678. The van der Waals surface area contributed by atoms with E-state index in [4.69, 9.17) is 5.73 Å². The lowest BCUT2D eigenvalue weighted by atomic mass is 10.1. The first kappa shape index (κ1) is 11.8. The van der Waals surface area contributed by atoms with Gasteiger partial charge in [0.1, 0.15) is 6.04 Å². The number of amides is 2. The SMILES string of the molecule is C=CCC1CC(=O)N(C(CC)C(N)=O)C1. The van der Waals surface area contributed by atoms with Gasteiger partial charge in [0.05, 0.1) is 0 Å². The van der Waals surface area contributed by atoms with E-state index in [-0.39, 0.29) is 5.91 Å². The molecular formula is C11H18N2O2. The van der Waals surface area contributed by atoms with Crippen molar-refractivity contribution in [2.24, 2.45) is 11.7 Å². The monoisotopic (exact) mass is 210 g/mol. The minimum Gasteiger partial charge on any atom is -0.368 e. The smallest absolute Gasteiger partial charge is 0.240 e. The highest BCUT2D eigenvalue weighted by molar-refractivity contribution is 5.87. The zero-order valence-corrected chi connectivity index (χ0v) is 9.11. The summed E-state index contributed by atoms with van der Waals surface area (Å²) >= 11 is 0. The molecule has 1 aliphatic rings. The molecule has 1 aliphatic heterocycles. The summed E-state index contributed by atoms with van der Waals surface area (Å²) in [6, 6.07) is -0.438. The predicted octanol–water partition coefficient (Wildman–Crippen LogP) is 0.675. The number of likely N-dealkylation sites (tertiary alicyclic amines) is 1. The van der Waals surface area contributed by atoms with Gasteiger partial charge < -0.3 is 10.6 Å². The Morgan fingerprint density at radius 1 is 1.80 bits per heavy atom. The van der Waals surface area contributed by atoms with Crippen LogP contribution in [0, 0.1) is 5.92 Å². The van der Waals surface area contributed by atoms with Crippen molar-refractivity contribution >= 4 is 11.8 Å². The van der Waals surface area contributed by atoms with Crippen LogP contribution in [-0.2, 0) is 9.59 Å². The van der Waals surface area contributed by atoms with E-state index >= 15 is 0 Å². The van der Waals surface area contributed by atoms with Crippen molar-refractivity contribution in [1.29, 1.82) is 0 Å². The predicted molar refractivity (Wildman–Crippen MR) is 57.9 cm³/mol. The molecule has 4 nitrogen and oxygen atoms in total. The zero-order chi connectivity index (χ0) is 11.4. The van der Waals surface area contributed by atoms with Crippen LogP contribution in [-0.4, -0.2) is 29.3 Å². The molecule has 2 amide bonds. The van der Waals surface area contributed by atoms with Gasteiger partial charge in [-0.25, -0.2) is 0 Å². The maximum absolute atomic E-state index is 11.6. The Balaban J connectivity index is 2.66. The molecule has 1 fully saturated rings. The number of hydrogen-bond acceptors (Lipinski definition) is 2. The molecule has 0 spiro atoms. The minimum atomic E-state index is -0.438. The van der Waals surface area contributed by atoms with Crippen LogP contribution in [0.5, 0.6) is 0 Å². The third kappa shape index (κ3) is 2.58. The second-order valence-corrected chi connectivity index (χ2v) is 3.97. The average Bonchev–Trinajstić information content (AvgIpc) is 2.49. The van der Waals surface area contributed by atoms with Crippen LogP contribution in [0.4, 0.5) is 0 Å². The number of primary amides is 1. The fourth-order valence-electron chi connectivity index (χ4n) is 2.08. The third-order valence-corrected chi connectivity index (χ3v) is 2.83. The Labute approximate surface area is 90.1 Å². The van der Waals surface area contributed by atoms with Gasteiger partial charge in [0.25, 0.3) is 0 Å². The summed E-state index contributed by atoms with van der Waals surface area (Å²) in [5.74, 6) is -0.0824. The lowest BCUT2D eigenvalue weighted by Gasteiger charge is -2.24. The van der Waals surface area contributed by atoms with Crippen LogP contribution >= 0.6 is 0 Å². The van der Waals surface area contributed by atoms with Gasteiger partial charge in [-0.2, -0.15) is 0 Å². The van der Waals surface area contributed by atoms with Crippen molar-refractivity contribution in [3.8, 4) is 0 Å². The first-order valence-corrected chi connectivity index (χ1v) is 5.29. The Hall–Kier alpha value is -1.32. The standard InChI is InChI=1S/C11H18N2O2/c1-3-5-8-6-10(14)13(7-8)9(4-2)11(12)15/h3,8-9H,1,4-7H2,2H3,(H2,12,15). The van der Waals surface area contributed by atoms with Crippen molar-refractivity contribution < 1.29 is 9.59 Å². The number of rotatable bonds is 5. The molecule has 2 unspecified atom stereocenters. The molecule has 0 aliphatic carbocycles. The van der Waals surface area contributed by atoms with Crippen LogP contribution in [0.15, 0.2) is 12.7 Å². The molecule has 0 radical (unpaired) electrons. The fourth-order valence-corrected chi connectivity index (χ4v) is 2.08. The third-order valence-electron chi connectivity index (χ3n) is 2.83. The van der Waals surface area contributed by atoms with Gasteiger partial charge >= 0.3 is 0 Å². The second-order valence-electron chi connectivity index (χ2n) is 3.97. The molecule has 2 N–H and O–H groups in total. The molecule has 15 heavy (non-hydrogen) atoms. The van der Waals surface area contributed by atoms with Crippen molar-refractivity contribution in [1.82, 2.24) is 4.90 Å². The molecular weight excluding hydrogens is 192 g/mol. The van der Waals surface area contributed by atoms with E-state index in [1.54, 1.807) is 4.90 Å². The van der Waals surface area contributed by atoms with Crippen molar-refractivity contribution in [3.05, 3.63) is 12.7 Å². The minimum absolute atomic E-state index is 0.0347. The number of nitrogens with two attached hydrogens (primary N) is 1. The molecule has 0 aromatic rings. The number of carbonyl (C=O) groups is 2. The summed E-state index contributed by atoms with van der Waals surface area (Å²) in [5.41, 5.74) is 5.26. The Morgan fingerprint density at radius 3 is 2.93 bits per heavy atom. The normalized spacial score (nSPS) is 22.9. The van der Waals surface area contributed by atoms with Crippen LogP contribution in [0.1, 0.15) is 26.2 Å². The largest absolute Gasteiger partial charge is 0.368 e. The van der Waals surface area contributed by atoms with Gasteiger partial charge in [-0.15, -0.1) is 6.58 Å². The Kier molecular flexibility index (Phi) is 3.88. The summed E-state index contributed by atoms with van der Waals surface area (Å²) in [4.78, 5) is 24.4. The van der Waals surface area contributed by atoms with E-state index in [0.29, 0.717) is 25.3 Å². The lowest BCUT2D eigenvalue weighted by molar-refractivity contribution is -0.136. The topological polar surface area (TPSA) is 63.4 Å². The van der Waals surface area contributed by atoms with E-state index in [1.165, 1.54) is 0 Å².